The standard InChI is InChI=1S/C28H25ClN8O4/c1-16-11-21(12-17(2)23(16)29)40-15-20-13-18(9-10-22(20)39-3)14-31-33-28(38)24-25(19-7-5-4-6-8-19)37(36-32-24)27-26(30)34-41-35-27/h4-14H,15H2,1-3H3,(H2,30,34)(H,33,38)/b31-14-. The quantitative estimate of drug-likeness (QED) is 0.191. The van der Waals surface area contributed by atoms with Gasteiger partial charge in [0.25, 0.3) is 5.91 Å². The van der Waals surface area contributed by atoms with E-state index in [-0.39, 0.29) is 23.9 Å². The molecule has 41 heavy (non-hydrogen) atoms. The maximum atomic E-state index is 13.1. The molecule has 0 atom stereocenters. The van der Waals surface area contributed by atoms with Crippen molar-refractivity contribution >= 4 is 29.5 Å². The molecule has 2 aromatic heterocycles. The van der Waals surface area contributed by atoms with Gasteiger partial charge in [0.05, 0.1) is 13.3 Å². The van der Waals surface area contributed by atoms with Crippen molar-refractivity contribution < 1.29 is 18.9 Å². The van der Waals surface area contributed by atoms with E-state index in [2.05, 4.69) is 31.2 Å². The summed E-state index contributed by atoms with van der Waals surface area (Å²) in [5, 5.41) is 20.3. The highest BCUT2D eigenvalue weighted by Gasteiger charge is 2.25. The van der Waals surface area contributed by atoms with Crippen LogP contribution in [0.3, 0.4) is 0 Å². The van der Waals surface area contributed by atoms with Gasteiger partial charge in [-0.15, -0.1) is 5.10 Å². The van der Waals surface area contributed by atoms with Crippen LogP contribution in [0.15, 0.2) is 70.4 Å². The predicted octanol–water partition coefficient (Wildman–Crippen LogP) is 4.52. The van der Waals surface area contributed by atoms with Gasteiger partial charge in [-0.1, -0.05) is 47.1 Å². The minimum atomic E-state index is -0.591. The van der Waals surface area contributed by atoms with Gasteiger partial charge < -0.3 is 15.2 Å². The van der Waals surface area contributed by atoms with Gasteiger partial charge in [-0.25, -0.2) is 10.1 Å². The number of hydrogen-bond donors (Lipinski definition) is 2. The summed E-state index contributed by atoms with van der Waals surface area (Å²) in [5.41, 5.74) is 12.7. The molecule has 13 heteroatoms. The Morgan fingerprint density at radius 3 is 2.56 bits per heavy atom. The van der Waals surface area contributed by atoms with E-state index in [9.17, 15) is 4.79 Å². The topological polar surface area (TPSA) is 156 Å². The number of benzene rings is 3. The summed E-state index contributed by atoms with van der Waals surface area (Å²) in [6.45, 7) is 4.11. The number of hydrazone groups is 1. The van der Waals surface area contributed by atoms with Crippen LogP contribution in [0, 0.1) is 13.8 Å². The zero-order chi connectivity index (χ0) is 28.9. The van der Waals surface area contributed by atoms with E-state index in [1.807, 2.05) is 50.2 Å². The fourth-order valence-electron chi connectivity index (χ4n) is 4.14. The zero-order valence-corrected chi connectivity index (χ0v) is 23.1. The minimum Gasteiger partial charge on any atom is -0.496 e. The lowest BCUT2D eigenvalue weighted by atomic mass is 10.1. The Morgan fingerprint density at radius 1 is 1.12 bits per heavy atom. The van der Waals surface area contributed by atoms with E-state index in [1.54, 1.807) is 31.4 Å². The van der Waals surface area contributed by atoms with Crippen molar-refractivity contribution in [2.24, 2.45) is 5.10 Å². The Hall–Kier alpha value is -5.23. The fourth-order valence-corrected chi connectivity index (χ4v) is 4.25. The van der Waals surface area contributed by atoms with Crippen molar-refractivity contribution in [1.82, 2.24) is 30.7 Å². The Morgan fingerprint density at radius 2 is 1.88 bits per heavy atom. The van der Waals surface area contributed by atoms with Crippen molar-refractivity contribution in [1.29, 1.82) is 0 Å². The summed E-state index contributed by atoms with van der Waals surface area (Å²) >= 11 is 6.27. The van der Waals surface area contributed by atoms with Crippen LogP contribution < -0.4 is 20.6 Å². The van der Waals surface area contributed by atoms with Crippen molar-refractivity contribution in [3.63, 3.8) is 0 Å². The molecule has 12 nitrogen and oxygen atoms in total. The Labute approximate surface area is 239 Å². The number of amides is 1. The van der Waals surface area contributed by atoms with E-state index in [0.29, 0.717) is 33.3 Å². The number of aromatic nitrogens is 5. The van der Waals surface area contributed by atoms with Crippen molar-refractivity contribution in [2.75, 3.05) is 12.8 Å². The van der Waals surface area contributed by atoms with E-state index in [4.69, 9.17) is 31.4 Å². The first-order chi connectivity index (χ1) is 19.9. The summed E-state index contributed by atoms with van der Waals surface area (Å²) in [5.74, 6) is 0.864. The summed E-state index contributed by atoms with van der Waals surface area (Å²) in [6.07, 6.45) is 1.50. The molecule has 0 aliphatic rings. The number of carbonyl (C=O) groups excluding carboxylic acids is 1. The van der Waals surface area contributed by atoms with Crippen molar-refractivity contribution in [3.8, 4) is 28.6 Å². The van der Waals surface area contributed by atoms with Crippen LogP contribution >= 0.6 is 11.6 Å². The first kappa shape index (κ1) is 27.3. The van der Waals surface area contributed by atoms with Gasteiger partial charge in [-0.3, -0.25) is 4.79 Å². The second kappa shape index (κ2) is 11.9. The number of nitrogens with zero attached hydrogens (tertiary/aromatic N) is 6. The third-order valence-corrected chi connectivity index (χ3v) is 6.71. The summed E-state index contributed by atoms with van der Waals surface area (Å²) in [4.78, 5) is 13.1. The lowest BCUT2D eigenvalue weighted by Crippen LogP contribution is -2.19. The number of rotatable bonds is 9. The van der Waals surface area contributed by atoms with E-state index >= 15 is 0 Å². The molecule has 0 saturated heterocycles. The highest BCUT2D eigenvalue weighted by Crippen LogP contribution is 2.28. The van der Waals surface area contributed by atoms with E-state index in [0.717, 1.165) is 16.7 Å². The molecule has 0 unspecified atom stereocenters. The van der Waals surface area contributed by atoms with Gasteiger partial charge in [-0.05, 0) is 71.2 Å². The molecule has 5 rings (SSSR count). The lowest BCUT2D eigenvalue weighted by Gasteiger charge is -2.13. The maximum absolute atomic E-state index is 13.1. The molecule has 0 bridgehead atoms. The number of nitrogens with one attached hydrogen (secondary N) is 1. The molecule has 0 spiro atoms. The van der Waals surface area contributed by atoms with Gasteiger partial charge in [0.1, 0.15) is 23.8 Å². The van der Waals surface area contributed by atoms with Crippen LogP contribution in [0.2, 0.25) is 5.02 Å². The number of methoxy groups -OCH3 is 1. The third kappa shape index (κ3) is 5.87. The van der Waals surface area contributed by atoms with E-state index < -0.39 is 5.91 Å². The van der Waals surface area contributed by atoms with Crippen LogP contribution in [0.25, 0.3) is 17.1 Å². The molecular formula is C28H25ClN8O4. The first-order valence-electron chi connectivity index (χ1n) is 12.3. The Balaban J connectivity index is 1.34. The summed E-state index contributed by atoms with van der Waals surface area (Å²) < 4.78 is 17.5. The van der Waals surface area contributed by atoms with Crippen LogP contribution in [-0.4, -0.2) is 44.5 Å². The third-order valence-electron chi connectivity index (χ3n) is 6.12. The normalized spacial score (nSPS) is 11.1. The Bertz CT molecular complexity index is 1710. The molecule has 0 aliphatic heterocycles. The molecule has 3 aromatic carbocycles. The van der Waals surface area contributed by atoms with Gasteiger partial charge in [-0.2, -0.15) is 9.78 Å². The lowest BCUT2D eigenvalue weighted by molar-refractivity contribution is 0.0950. The molecule has 5 aromatic rings. The number of hydrogen-bond acceptors (Lipinski definition) is 10. The van der Waals surface area contributed by atoms with Gasteiger partial charge in [0.2, 0.25) is 11.6 Å². The second-order valence-electron chi connectivity index (χ2n) is 8.97. The molecule has 0 saturated carbocycles. The van der Waals surface area contributed by atoms with Crippen LogP contribution in [0.4, 0.5) is 5.82 Å². The molecule has 0 aliphatic carbocycles. The average molecular weight is 573 g/mol. The van der Waals surface area contributed by atoms with Crippen molar-refractivity contribution in [2.45, 2.75) is 20.5 Å². The largest absolute Gasteiger partial charge is 0.496 e. The first-order valence-corrected chi connectivity index (χ1v) is 12.7. The van der Waals surface area contributed by atoms with Gasteiger partial charge in [0.15, 0.2) is 5.69 Å². The monoisotopic (exact) mass is 572 g/mol. The molecule has 3 N–H and O–H groups in total. The summed E-state index contributed by atoms with van der Waals surface area (Å²) in [6, 6.07) is 18.3. The van der Waals surface area contributed by atoms with Gasteiger partial charge >= 0.3 is 0 Å². The van der Waals surface area contributed by atoms with Crippen molar-refractivity contribution in [3.05, 3.63) is 93.6 Å². The number of anilines is 1. The number of nitrogens with two attached hydrogens (primary N) is 1. The maximum Gasteiger partial charge on any atom is 0.294 e. The molecule has 2 heterocycles. The van der Waals surface area contributed by atoms with Gasteiger partial charge in [0, 0.05) is 16.1 Å². The highest BCUT2D eigenvalue weighted by atomic mass is 35.5. The predicted molar refractivity (Wildman–Crippen MR) is 152 cm³/mol. The van der Waals surface area contributed by atoms with Crippen LogP contribution in [0.1, 0.15) is 32.7 Å². The highest BCUT2D eigenvalue weighted by molar-refractivity contribution is 6.32. The number of carbonyl (C=O) groups is 1. The molecule has 1 amide bonds. The Kier molecular flexibility index (Phi) is 7.92. The number of aryl methyl sites for hydroxylation is 2. The second-order valence-corrected chi connectivity index (χ2v) is 9.35. The van der Waals surface area contributed by atoms with E-state index in [1.165, 1.54) is 10.9 Å². The minimum absolute atomic E-state index is 0.00215. The SMILES string of the molecule is COc1ccc(/C=N\NC(=O)c2nnn(-c3nonc3N)c2-c2ccccc2)cc1COc1cc(C)c(Cl)c(C)c1. The molecule has 208 valence electrons. The zero-order valence-electron chi connectivity index (χ0n) is 22.3. The molecule has 0 fully saturated rings. The van der Waals surface area contributed by atoms with Crippen LogP contribution in [-0.2, 0) is 6.61 Å². The number of nitrogen functional groups attached to an aromatic ring is 1. The molecular weight excluding hydrogens is 548 g/mol. The number of halogens is 1. The average Bonchev–Trinajstić information content (AvgIpc) is 3.61. The molecule has 0 radical (unpaired) electrons. The summed E-state index contributed by atoms with van der Waals surface area (Å²) in [7, 11) is 1.59. The fraction of sp³-hybridized carbons (Fsp3) is 0.143. The smallest absolute Gasteiger partial charge is 0.294 e. The van der Waals surface area contributed by atoms with Crippen LogP contribution in [0.5, 0.6) is 11.5 Å². The number of ether oxygens (including phenoxy) is 2.